The lowest BCUT2D eigenvalue weighted by Gasteiger charge is -2.31. The van der Waals surface area contributed by atoms with Crippen molar-refractivity contribution in [2.75, 3.05) is 0 Å². The van der Waals surface area contributed by atoms with Crippen molar-refractivity contribution in [1.29, 1.82) is 0 Å². The summed E-state index contributed by atoms with van der Waals surface area (Å²) in [5, 5.41) is 24.5. The average molecular weight is 466 g/mol. The van der Waals surface area contributed by atoms with Crippen molar-refractivity contribution < 1.29 is 28.2 Å². The van der Waals surface area contributed by atoms with Crippen LogP contribution in [0.3, 0.4) is 0 Å². The van der Waals surface area contributed by atoms with Crippen LogP contribution in [0.5, 0.6) is 0 Å². The molecule has 3 rings (SSSR count). The van der Waals surface area contributed by atoms with Gasteiger partial charge >= 0.3 is 0 Å². The monoisotopic (exact) mass is 465 g/mol. The Morgan fingerprint density at radius 2 is 1.87 bits per heavy atom. The minimum atomic E-state index is -3.95. The average Bonchev–Trinajstić information content (AvgIpc) is 3.27. The molecule has 0 saturated heterocycles. The lowest BCUT2D eigenvalue weighted by Crippen LogP contribution is -2.52. The zero-order valence-electron chi connectivity index (χ0n) is 16.3. The van der Waals surface area contributed by atoms with Gasteiger partial charge in [0.15, 0.2) is 0 Å². The molecule has 0 fully saturated rings. The van der Waals surface area contributed by atoms with Gasteiger partial charge < -0.3 is 21.3 Å². The number of carbonyl (C=O) groups excluding carboxylic acids is 2. The Balaban J connectivity index is 1.77. The fourth-order valence-corrected chi connectivity index (χ4v) is 5.42. The molecule has 0 saturated carbocycles. The highest BCUT2D eigenvalue weighted by Crippen LogP contribution is 2.23. The van der Waals surface area contributed by atoms with Crippen LogP contribution in [-0.2, 0) is 26.0 Å². The van der Waals surface area contributed by atoms with Crippen LogP contribution in [0.25, 0.3) is 0 Å². The molecule has 0 spiro atoms. The van der Waals surface area contributed by atoms with E-state index in [-0.39, 0.29) is 22.6 Å². The van der Waals surface area contributed by atoms with Gasteiger partial charge in [0.05, 0.1) is 12.1 Å². The highest BCUT2D eigenvalue weighted by molar-refractivity contribution is 7.91. The van der Waals surface area contributed by atoms with Gasteiger partial charge in [0.25, 0.3) is 10.0 Å². The van der Waals surface area contributed by atoms with E-state index in [1.165, 1.54) is 12.1 Å². The second kappa shape index (κ2) is 9.71. The molecule has 1 heterocycles. The maximum atomic E-state index is 12.7. The van der Waals surface area contributed by atoms with Crippen molar-refractivity contribution in [3.05, 3.63) is 65.1 Å². The summed E-state index contributed by atoms with van der Waals surface area (Å²) in [5.41, 5.74) is 6.25. The van der Waals surface area contributed by atoms with Crippen molar-refractivity contribution in [2.24, 2.45) is 5.73 Å². The second-order valence-corrected chi connectivity index (χ2v) is 10.0. The fourth-order valence-electron chi connectivity index (χ4n) is 3.22. The Hall–Kier alpha value is -2.57. The van der Waals surface area contributed by atoms with Gasteiger partial charge in [-0.25, -0.2) is 13.1 Å². The molecule has 9 nitrogen and oxygen atoms in total. The SMILES string of the molecule is NC(=O)[C@@H](Cc1ccccc1)NC(=O)C1=C[C@@H](NS(=O)(=O)c2cccs2)[C@@H](O)[C@H](O)C1. The molecule has 1 aliphatic rings. The summed E-state index contributed by atoms with van der Waals surface area (Å²) in [6, 6.07) is 9.72. The Labute approximate surface area is 183 Å². The van der Waals surface area contributed by atoms with E-state index in [1.807, 2.05) is 6.07 Å². The first-order chi connectivity index (χ1) is 14.7. The molecule has 2 amide bonds. The van der Waals surface area contributed by atoms with Crippen LogP contribution in [0.2, 0.25) is 0 Å². The van der Waals surface area contributed by atoms with E-state index >= 15 is 0 Å². The van der Waals surface area contributed by atoms with E-state index in [9.17, 15) is 28.2 Å². The van der Waals surface area contributed by atoms with Gasteiger partial charge in [0, 0.05) is 18.4 Å². The van der Waals surface area contributed by atoms with Crippen molar-refractivity contribution in [3.8, 4) is 0 Å². The quantitative estimate of drug-likeness (QED) is 0.359. The number of thiophene rings is 1. The molecule has 2 aromatic rings. The molecule has 4 atom stereocenters. The first-order valence-corrected chi connectivity index (χ1v) is 11.8. The molecule has 1 aromatic carbocycles. The third-order valence-corrected chi connectivity index (χ3v) is 7.70. The molecule has 6 N–H and O–H groups in total. The minimum Gasteiger partial charge on any atom is -0.390 e. The van der Waals surface area contributed by atoms with Crippen LogP contribution >= 0.6 is 11.3 Å². The number of carbonyl (C=O) groups is 2. The lowest BCUT2D eigenvalue weighted by molar-refractivity contribution is -0.125. The Morgan fingerprint density at radius 3 is 2.48 bits per heavy atom. The van der Waals surface area contributed by atoms with Crippen LogP contribution in [0.4, 0.5) is 0 Å². The van der Waals surface area contributed by atoms with Crippen molar-refractivity contribution in [1.82, 2.24) is 10.0 Å². The molecular formula is C20H23N3O6S2. The van der Waals surface area contributed by atoms with Crippen LogP contribution < -0.4 is 15.8 Å². The van der Waals surface area contributed by atoms with Crippen LogP contribution in [0.15, 0.2) is 63.7 Å². The third-order valence-electron chi connectivity index (χ3n) is 4.85. The fraction of sp³-hybridized carbons (Fsp3) is 0.300. The van der Waals surface area contributed by atoms with Gasteiger partial charge in [-0.05, 0) is 17.0 Å². The number of hydrogen-bond donors (Lipinski definition) is 5. The normalized spacial score (nSPS) is 22.4. The van der Waals surface area contributed by atoms with Crippen molar-refractivity contribution >= 4 is 33.2 Å². The number of primary amides is 1. The first kappa shape index (κ1) is 23.1. The largest absolute Gasteiger partial charge is 0.390 e. The Bertz CT molecular complexity index is 1050. The van der Waals surface area contributed by atoms with Gasteiger partial charge in [0.1, 0.15) is 16.4 Å². The van der Waals surface area contributed by atoms with Gasteiger partial charge in [0.2, 0.25) is 11.8 Å². The van der Waals surface area contributed by atoms with Crippen molar-refractivity contribution in [3.63, 3.8) is 0 Å². The topological polar surface area (TPSA) is 159 Å². The number of nitrogens with two attached hydrogens (primary N) is 1. The van der Waals surface area contributed by atoms with E-state index in [4.69, 9.17) is 5.73 Å². The number of hydrogen-bond acceptors (Lipinski definition) is 7. The summed E-state index contributed by atoms with van der Waals surface area (Å²) in [6.45, 7) is 0. The molecule has 1 aromatic heterocycles. The summed E-state index contributed by atoms with van der Waals surface area (Å²) in [6.07, 6.45) is -1.60. The maximum absolute atomic E-state index is 12.7. The molecule has 0 aliphatic heterocycles. The summed E-state index contributed by atoms with van der Waals surface area (Å²) in [5.74, 6) is -1.41. The predicted octanol–water partition coefficient (Wildman–Crippen LogP) is -0.340. The van der Waals surface area contributed by atoms with E-state index in [0.717, 1.165) is 16.9 Å². The summed E-state index contributed by atoms with van der Waals surface area (Å²) >= 11 is 0.994. The first-order valence-electron chi connectivity index (χ1n) is 9.44. The summed E-state index contributed by atoms with van der Waals surface area (Å²) in [4.78, 5) is 24.6. The van der Waals surface area contributed by atoms with E-state index in [0.29, 0.717) is 0 Å². The number of benzene rings is 1. The number of aliphatic hydroxyl groups excluding tert-OH is 2. The lowest BCUT2D eigenvalue weighted by atomic mass is 9.90. The zero-order chi connectivity index (χ0) is 22.6. The van der Waals surface area contributed by atoms with Gasteiger partial charge in [-0.1, -0.05) is 42.5 Å². The molecule has 0 radical (unpaired) electrons. The molecule has 166 valence electrons. The summed E-state index contributed by atoms with van der Waals surface area (Å²) < 4.78 is 27.3. The number of sulfonamides is 1. The number of aliphatic hydroxyl groups is 2. The molecule has 1 aliphatic carbocycles. The van der Waals surface area contributed by atoms with Crippen LogP contribution in [0, 0.1) is 0 Å². The number of nitrogens with one attached hydrogen (secondary N) is 2. The molecule has 11 heteroatoms. The Kier molecular flexibility index (Phi) is 7.23. The molecule has 31 heavy (non-hydrogen) atoms. The number of amides is 2. The standard InChI is InChI=1S/C20H23N3O6S2/c21-19(26)15(9-12-5-2-1-3-6-12)22-20(27)13-10-14(18(25)16(24)11-13)23-31(28,29)17-7-4-8-30-17/h1-8,10,14-16,18,23-25H,9,11H2,(H2,21,26)(H,22,27)/t14-,15-,16-,18-/m1/s1. The molecule has 0 unspecified atom stereocenters. The minimum absolute atomic E-state index is 0.0378. The molecular weight excluding hydrogens is 442 g/mol. The number of rotatable bonds is 8. The zero-order valence-corrected chi connectivity index (χ0v) is 18.0. The Morgan fingerprint density at radius 1 is 1.16 bits per heavy atom. The van der Waals surface area contributed by atoms with E-state index < -0.39 is 46.1 Å². The van der Waals surface area contributed by atoms with Crippen LogP contribution in [0.1, 0.15) is 12.0 Å². The highest BCUT2D eigenvalue weighted by Gasteiger charge is 2.36. The van der Waals surface area contributed by atoms with Crippen LogP contribution in [-0.4, -0.2) is 54.7 Å². The predicted molar refractivity (Wildman–Crippen MR) is 114 cm³/mol. The van der Waals surface area contributed by atoms with E-state index in [2.05, 4.69) is 10.0 Å². The summed E-state index contributed by atoms with van der Waals surface area (Å²) in [7, 11) is -3.95. The van der Waals surface area contributed by atoms with E-state index in [1.54, 1.807) is 35.7 Å². The second-order valence-electron chi connectivity index (χ2n) is 7.15. The third kappa shape index (κ3) is 5.77. The highest BCUT2D eigenvalue weighted by atomic mass is 32.2. The van der Waals surface area contributed by atoms with Gasteiger partial charge in [-0.15, -0.1) is 11.3 Å². The smallest absolute Gasteiger partial charge is 0.250 e. The molecule has 0 bridgehead atoms. The van der Waals surface area contributed by atoms with Gasteiger partial charge in [-0.2, -0.15) is 0 Å². The van der Waals surface area contributed by atoms with Gasteiger partial charge in [-0.3, -0.25) is 9.59 Å². The maximum Gasteiger partial charge on any atom is 0.250 e. The van der Waals surface area contributed by atoms with Crippen molar-refractivity contribution in [2.45, 2.75) is 41.3 Å².